The van der Waals surface area contributed by atoms with E-state index in [0.29, 0.717) is 28.8 Å². The first-order valence-corrected chi connectivity index (χ1v) is 9.45. The molecule has 1 aliphatic carbocycles. The first kappa shape index (κ1) is 17.6. The van der Waals surface area contributed by atoms with Crippen LogP contribution in [0.25, 0.3) is 5.69 Å². The fourth-order valence-electron chi connectivity index (χ4n) is 3.48. The van der Waals surface area contributed by atoms with Crippen LogP contribution < -0.4 is 10.1 Å². The quantitative estimate of drug-likeness (QED) is 0.699. The number of hydrogen-bond donors (Lipinski definition) is 1. The number of aromatic nitrogens is 2. The normalized spacial score (nSPS) is 12.7. The lowest BCUT2D eigenvalue weighted by molar-refractivity contribution is 0.102. The Morgan fingerprint density at radius 2 is 2.00 bits per heavy atom. The zero-order valence-corrected chi connectivity index (χ0v) is 15.8. The molecule has 0 spiro atoms. The molecule has 6 heteroatoms. The maximum absolute atomic E-state index is 13.0. The molecule has 27 heavy (non-hydrogen) atoms. The van der Waals surface area contributed by atoms with Gasteiger partial charge in [0.2, 0.25) is 0 Å². The number of fused-ring (bicyclic) bond motifs is 1. The van der Waals surface area contributed by atoms with Gasteiger partial charge in [-0.2, -0.15) is 5.10 Å². The average molecular weight is 382 g/mol. The maximum Gasteiger partial charge on any atom is 0.276 e. The van der Waals surface area contributed by atoms with Crippen LogP contribution in [0.2, 0.25) is 5.02 Å². The van der Waals surface area contributed by atoms with Crippen molar-refractivity contribution in [3.05, 3.63) is 70.5 Å². The van der Waals surface area contributed by atoms with Crippen molar-refractivity contribution in [3.8, 4) is 11.4 Å². The van der Waals surface area contributed by atoms with E-state index in [0.717, 1.165) is 36.2 Å². The van der Waals surface area contributed by atoms with Crippen molar-refractivity contribution in [1.29, 1.82) is 0 Å². The fourth-order valence-corrected chi connectivity index (χ4v) is 3.71. The zero-order valence-electron chi connectivity index (χ0n) is 15.0. The number of anilines is 1. The highest BCUT2D eigenvalue weighted by atomic mass is 35.5. The number of nitrogens with one attached hydrogen (secondary N) is 1. The second-order valence-corrected chi connectivity index (χ2v) is 6.79. The highest BCUT2D eigenvalue weighted by Crippen LogP contribution is 2.34. The number of nitrogens with zero attached hydrogens (tertiary/aromatic N) is 2. The van der Waals surface area contributed by atoms with Gasteiger partial charge >= 0.3 is 0 Å². The lowest BCUT2D eigenvalue weighted by Gasteiger charge is -2.12. The van der Waals surface area contributed by atoms with Crippen molar-refractivity contribution in [3.63, 3.8) is 0 Å². The van der Waals surface area contributed by atoms with Gasteiger partial charge in [0, 0.05) is 11.3 Å². The molecule has 1 N–H and O–H groups in total. The summed E-state index contributed by atoms with van der Waals surface area (Å²) in [5.41, 5.74) is 4.12. The zero-order chi connectivity index (χ0) is 18.8. The number of rotatable bonds is 5. The van der Waals surface area contributed by atoms with Gasteiger partial charge in [-0.05, 0) is 50.5 Å². The second kappa shape index (κ2) is 7.45. The SMILES string of the molecule is CCOc1c(Cl)cccc1NC(=O)c1nn(-c2ccccc2)c2c1CCC2. The summed E-state index contributed by atoms with van der Waals surface area (Å²) in [6.07, 6.45) is 2.81. The Morgan fingerprint density at radius 3 is 2.78 bits per heavy atom. The van der Waals surface area contributed by atoms with Crippen LogP contribution in [0, 0.1) is 0 Å². The Hall–Kier alpha value is -2.79. The van der Waals surface area contributed by atoms with Gasteiger partial charge in [-0.25, -0.2) is 4.68 Å². The number of carbonyl (C=O) groups is 1. The third-order valence-electron chi connectivity index (χ3n) is 4.65. The largest absolute Gasteiger partial charge is 0.490 e. The Bertz CT molecular complexity index is 983. The molecule has 3 aromatic rings. The molecule has 0 bridgehead atoms. The van der Waals surface area contributed by atoms with Crippen LogP contribution in [-0.4, -0.2) is 22.3 Å². The summed E-state index contributed by atoms with van der Waals surface area (Å²) in [6, 6.07) is 15.2. The predicted molar refractivity (Wildman–Crippen MR) is 106 cm³/mol. The van der Waals surface area contributed by atoms with Crippen molar-refractivity contribution in [1.82, 2.24) is 9.78 Å². The molecule has 0 saturated heterocycles. The lowest BCUT2D eigenvalue weighted by atomic mass is 10.2. The summed E-state index contributed by atoms with van der Waals surface area (Å²) in [7, 11) is 0. The van der Waals surface area contributed by atoms with E-state index in [1.54, 1.807) is 18.2 Å². The number of para-hydroxylation sites is 2. The van der Waals surface area contributed by atoms with E-state index in [4.69, 9.17) is 16.3 Å². The molecule has 0 atom stereocenters. The topological polar surface area (TPSA) is 56.1 Å². The molecule has 2 aromatic carbocycles. The molecule has 1 heterocycles. The van der Waals surface area contributed by atoms with Crippen molar-refractivity contribution < 1.29 is 9.53 Å². The molecule has 0 unspecified atom stereocenters. The number of ether oxygens (including phenoxy) is 1. The first-order chi connectivity index (χ1) is 13.2. The highest BCUT2D eigenvalue weighted by molar-refractivity contribution is 6.32. The Balaban J connectivity index is 1.69. The van der Waals surface area contributed by atoms with Crippen LogP contribution in [0.15, 0.2) is 48.5 Å². The van der Waals surface area contributed by atoms with Crippen molar-refractivity contribution in [2.24, 2.45) is 0 Å². The Kier molecular flexibility index (Phi) is 4.86. The number of amides is 1. The minimum Gasteiger partial charge on any atom is -0.490 e. The summed E-state index contributed by atoms with van der Waals surface area (Å²) in [4.78, 5) is 13.0. The standard InChI is InChI=1S/C21H20ClN3O2/c1-2-27-20-16(22)11-7-12-17(20)23-21(26)19-15-10-6-13-18(15)25(24-19)14-8-4-3-5-9-14/h3-5,7-9,11-12H,2,6,10,13H2,1H3,(H,23,26). The van der Waals surface area contributed by atoms with Crippen molar-refractivity contribution in [2.75, 3.05) is 11.9 Å². The van der Waals surface area contributed by atoms with Gasteiger partial charge in [0.1, 0.15) is 0 Å². The van der Waals surface area contributed by atoms with E-state index in [-0.39, 0.29) is 5.91 Å². The van der Waals surface area contributed by atoms with Crippen molar-refractivity contribution in [2.45, 2.75) is 26.2 Å². The van der Waals surface area contributed by atoms with E-state index in [2.05, 4.69) is 10.4 Å². The number of benzene rings is 2. The third kappa shape index (κ3) is 3.30. The van der Waals surface area contributed by atoms with Gasteiger partial charge in [-0.15, -0.1) is 0 Å². The van der Waals surface area contributed by atoms with E-state index < -0.39 is 0 Å². The molecule has 5 nitrogen and oxygen atoms in total. The summed E-state index contributed by atoms with van der Waals surface area (Å²) in [5, 5.41) is 8.02. The number of carbonyl (C=O) groups excluding carboxylic acids is 1. The second-order valence-electron chi connectivity index (χ2n) is 6.38. The van der Waals surface area contributed by atoms with Crippen LogP contribution in [0.5, 0.6) is 5.75 Å². The van der Waals surface area contributed by atoms with Gasteiger partial charge in [0.05, 0.1) is 23.0 Å². The van der Waals surface area contributed by atoms with Crippen molar-refractivity contribution >= 4 is 23.2 Å². The fraction of sp³-hybridized carbons (Fsp3) is 0.238. The summed E-state index contributed by atoms with van der Waals surface area (Å²) in [6.45, 7) is 2.34. The number of halogens is 1. The third-order valence-corrected chi connectivity index (χ3v) is 4.95. The van der Waals surface area contributed by atoms with Crippen LogP contribution in [-0.2, 0) is 12.8 Å². The van der Waals surface area contributed by atoms with Crippen LogP contribution >= 0.6 is 11.6 Å². The predicted octanol–water partition coefficient (Wildman–Crippen LogP) is 4.67. The van der Waals surface area contributed by atoms with E-state index in [1.165, 1.54) is 0 Å². The maximum atomic E-state index is 13.0. The summed E-state index contributed by atoms with van der Waals surface area (Å²) < 4.78 is 7.49. The molecule has 138 valence electrons. The lowest BCUT2D eigenvalue weighted by Crippen LogP contribution is -2.16. The smallest absolute Gasteiger partial charge is 0.276 e. The van der Waals surface area contributed by atoms with Gasteiger partial charge in [-0.3, -0.25) is 4.79 Å². The van der Waals surface area contributed by atoms with E-state index in [9.17, 15) is 4.79 Å². The molecule has 0 radical (unpaired) electrons. The highest BCUT2D eigenvalue weighted by Gasteiger charge is 2.27. The number of hydrogen-bond acceptors (Lipinski definition) is 3. The van der Waals surface area contributed by atoms with Gasteiger partial charge in [0.25, 0.3) is 5.91 Å². The van der Waals surface area contributed by atoms with Gasteiger partial charge < -0.3 is 10.1 Å². The van der Waals surface area contributed by atoms with E-state index >= 15 is 0 Å². The minimum absolute atomic E-state index is 0.244. The summed E-state index contributed by atoms with van der Waals surface area (Å²) >= 11 is 6.22. The molecule has 0 saturated carbocycles. The van der Waals surface area contributed by atoms with Crippen LogP contribution in [0.1, 0.15) is 35.1 Å². The van der Waals surface area contributed by atoms with Gasteiger partial charge in [0.15, 0.2) is 11.4 Å². The van der Waals surface area contributed by atoms with Crippen LogP contribution in [0.4, 0.5) is 5.69 Å². The van der Waals surface area contributed by atoms with Gasteiger partial charge in [-0.1, -0.05) is 35.9 Å². The molecule has 0 aliphatic heterocycles. The molecule has 1 aromatic heterocycles. The molecule has 4 rings (SSSR count). The molecule has 1 amide bonds. The first-order valence-electron chi connectivity index (χ1n) is 9.08. The molecule has 1 aliphatic rings. The Morgan fingerprint density at radius 1 is 1.19 bits per heavy atom. The monoisotopic (exact) mass is 381 g/mol. The van der Waals surface area contributed by atoms with Crippen LogP contribution in [0.3, 0.4) is 0 Å². The Labute approximate surface area is 162 Å². The molecular weight excluding hydrogens is 362 g/mol. The molecular formula is C21H20ClN3O2. The average Bonchev–Trinajstić information content (AvgIpc) is 3.28. The summed E-state index contributed by atoms with van der Waals surface area (Å²) in [5.74, 6) is 0.236. The minimum atomic E-state index is -0.244. The molecule has 0 fully saturated rings. The van der Waals surface area contributed by atoms with E-state index in [1.807, 2.05) is 41.9 Å².